The van der Waals surface area contributed by atoms with Gasteiger partial charge in [0.2, 0.25) is 0 Å². The summed E-state index contributed by atoms with van der Waals surface area (Å²) in [5, 5.41) is 0. The van der Waals surface area contributed by atoms with Crippen molar-refractivity contribution in [1.29, 1.82) is 0 Å². The largest absolute Gasteiger partial charge is 0.296 e. The molecule has 19 heavy (non-hydrogen) atoms. The van der Waals surface area contributed by atoms with Crippen LogP contribution in [0.25, 0.3) is 0 Å². The lowest BCUT2D eigenvalue weighted by Crippen LogP contribution is -2.51. The van der Waals surface area contributed by atoms with Gasteiger partial charge in [0.05, 0.1) is 6.20 Å². The Hall–Kier alpha value is -1.02. The van der Waals surface area contributed by atoms with Gasteiger partial charge in [0.1, 0.15) is 0 Å². The van der Waals surface area contributed by atoms with Gasteiger partial charge in [-0.3, -0.25) is 9.88 Å². The first kappa shape index (κ1) is 14.4. The minimum Gasteiger partial charge on any atom is -0.296 e. The second kappa shape index (κ2) is 5.96. The molecule has 1 fully saturated rings. The molecule has 0 saturated carbocycles. The fourth-order valence-corrected chi connectivity index (χ4v) is 3.14. The summed E-state index contributed by atoms with van der Waals surface area (Å²) in [4.78, 5) is 6.11. The van der Waals surface area contributed by atoms with Crippen LogP contribution in [-0.2, 0) is 16.8 Å². The molecule has 0 unspecified atom stereocenters. The molecular formula is C12H19N4O2S. The molecule has 0 aromatic carbocycles. The van der Waals surface area contributed by atoms with Crippen LogP contribution < -0.4 is 0 Å². The molecule has 105 valence electrons. The van der Waals surface area contributed by atoms with E-state index in [2.05, 4.69) is 16.1 Å². The quantitative estimate of drug-likeness (QED) is 0.768. The molecule has 0 bridgehead atoms. The highest BCUT2D eigenvalue weighted by Crippen LogP contribution is 2.11. The van der Waals surface area contributed by atoms with Gasteiger partial charge >= 0.3 is 0 Å². The highest BCUT2D eigenvalue weighted by molar-refractivity contribution is 7.86. The van der Waals surface area contributed by atoms with Crippen molar-refractivity contribution in [1.82, 2.24) is 18.5 Å². The summed E-state index contributed by atoms with van der Waals surface area (Å²) < 4.78 is 26.7. The summed E-state index contributed by atoms with van der Waals surface area (Å²) in [6.07, 6.45) is 4.53. The van der Waals surface area contributed by atoms with Crippen molar-refractivity contribution in [2.24, 2.45) is 0 Å². The number of piperazine rings is 1. The van der Waals surface area contributed by atoms with Crippen molar-refractivity contribution in [2.45, 2.75) is 6.54 Å². The molecule has 1 aromatic rings. The lowest BCUT2D eigenvalue weighted by atomic mass is 10.2. The summed E-state index contributed by atoms with van der Waals surface area (Å²) >= 11 is 0. The van der Waals surface area contributed by atoms with E-state index >= 15 is 0 Å². The lowest BCUT2D eigenvalue weighted by Gasteiger charge is -2.35. The molecule has 1 aliphatic rings. The molecule has 0 amide bonds. The first-order chi connectivity index (χ1) is 9.00. The molecular weight excluding hydrogens is 264 g/mol. The standard InChI is InChI=1S/C12H19N4O2S/c1-14(2)19(17,18)16-9-7-15(8-10-16)11-12-3-5-13-6-4-12/h3-5H,7-11H2,1-2H3. The summed E-state index contributed by atoms with van der Waals surface area (Å²) in [7, 11) is -0.144. The fraction of sp³-hybridized carbons (Fsp3) is 0.583. The van der Waals surface area contributed by atoms with Crippen molar-refractivity contribution in [3.8, 4) is 0 Å². The summed E-state index contributed by atoms with van der Waals surface area (Å²) in [5.41, 5.74) is 1.15. The third kappa shape index (κ3) is 3.50. The minimum atomic E-state index is -3.27. The predicted molar refractivity (Wildman–Crippen MR) is 72.5 cm³/mol. The summed E-state index contributed by atoms with van der Waals surface area (Å²) in [5.74, 6) is 0. The van der Waals surface area contributed by atoms with Gasteiger partial charge in [-0.1, -0.05) is 0 Å². The van der Waals surface area contributed by atoms with Crippen molar-refractivity contribution in [3.05, 3.63) is 30.1 Å². The van der Waals surface area contributed by atoms with E-state index in [0.29, 0.717) is 13.1 Å². The van der Waals surface area contributed by atoms with E-state index in [4.69, 9.17) is 0 Å². The van der Waals surface area contributed by atoms with Crippen LogP contribution in [0.15, 0.2) is 18.3 Å². The average molecular weight is 283 g/mol. The Morgan fingerprint density at radius 3 is 2.53 bits per heavy atom. The molecule has 1 radical (unpaired) electrons. The summed E-state index contributed by atoms with van der Waals surface area (Å²) in [6.45, 7) is 3.38. The Bertz CT molecular complexity index is 496. The van der Waals surface area contributed by atoms with Gasteiger partial charge in [-0.2, -0.15) is 17.0 Å². The number of rotatable bonds is 4. The van der Waals surface area contributed by atoms with Crippen molar-refractivity contribution >= 4 is 10.2 Å². The maximum absolute atomic E-state index is 12.0. The van der Waals surface area contributed by atoms with Crippen LogP contribution >= 0.6 is 0 Å². The van der Waals surface area contributed by atoms with Gasteiger partial charge in [-0.25, -0.2) is 0 Å². The fourth-order valence-electron chi connectivity index (χ4n) is 2.05. The van der Waals surface area contributed by atoms with Gasteiger partial charge in [-0.15, -0.1) is 0 Å². The third-order valence-electron chi connectivity index (χ3n) is 3.21. The molecule has 0 atom stereocenters. The number of hydrogen-bond donors (Lipinski definition) is 0. The SMILES string of the molecule is CN(C)S(=O)(=O)N1CCN(Cc2c[c]ncc2)CC1. The molecule has 7 heteroatoms. The summed E-state index contributed by atoms with van der Waals surface area (Å²) in [6, 6.07) is 3.82. The van der Waals surface area contributed by atoms with Gasteiger partial charge in [0.25, 0.3) is 10.2 Å². The van der Waals surface area contributed by atoms with E-state index in [9.17, 15) is 8.42 Å². The van der Waals surface area contributed by atoms with Crippen LogP contribution in [0, 0.1) is 6.20 Å². The Morgan fingerprint density at radius 2 is 2.00 bits per heavy atom. The molecule has 0 N–H and O–H groups in total. The first-order valence-corrected chi connectivity index (χ1v) is 7.61. The van der Waals surface area contributed by atoms with Crippen LogP contribution in [0.3, 0.4) is 0 Å². The van der Waals surface area contributed by atoms with Gasteiger partial charge < -0.3 is 0 Å². The monoisotopic (exact) mass is 283 g/mol. The van der Waals surface area contributed by atoms with Gasteiger partial charge in [-0.05, 0) is 17.7 Å². The zero-order valence-electron chi connectivity index (χ0n) is 11.3. The van der Waals surface area contributed by atoms with Gasteiger partial charge in [0, 0.05) is 53.0 Å². The van der Waals surface area contributed by atoms with Crippen molar-refractivity contribution in [3.63, 3.8) is 0 Å². The number of pyridine rings is 1. The molecule has 1 saturated heterocycles. The van der Waals surface area contributed by atoms with Crippen LogP contribution in [-0.4, -0.2) is 67.2 Å². The van der Waals surface area contributed by atoms with E-state index < -0.39 is 10.2 Å². The number of hydrogen-bond acceptors (Lipinski definition) is 4. The van der Waals surface area contributed by atoms with E-state index in [-0.39, 0.29) is 0 Å². The molecule has 0 aliphatic carbocycles. The highest BCUT2D eigenvalue weighted by Gasteiger charge is 2.28. The predicted octanol–water partition coefficient (Wildman–Crippen LogP) is -0.194. The molecule has 2 heterocycles. The molecule has 1 aliphatic heterocycles. The zero-order valence-corrected chi connectivity index (χ0v) is 12.1. The normalized spacial score (nSPS) is 18.9. The second-order valence-electron chi connectivity index (χ2n) is 4.76. The Morgan fingerprint density at radius 1 is 1.32 bits per heavy atom. The Kier molecular flexibility index (Phi) is 4.51. The lowest BCUT2D eigenvalue weighted by molar-refractivity contribution is 0.177. The molecule has 0 spiro atoms. The van der Waals surface area contributed by atoms with Crippen LogP contribution in [0.1, 0.15) is 5.56 Å². The minimum absolute atomic E-state index is 0.537. The molecule has 1 aromatic heterocycles. The zero-order chi connectivity index (χ0) is 13.9. The first-order valence-electron chi connectivity index (χ1n) is 6.21. The van der Waals surface area contributed by atoms with Crippen LogP contribution in [0.4, 0.5) is 0 Å². The molecule has 6 nitrogen and oxygen atoms in total. The maximum Gasteiger partial charge on any atom is 0.281 e. The number of aromatic nitrogens is 1. The van der Waals surface area contributed by atoms with E-state index in [1.165, 1.54) is 8.61 Å². The van der Waals surface area contributed by atoms with E-state index in [0.717, 1.165) is 25.2 Å². The van der Waals surface area contributed by atoms with Gasteiger partial charge in [0.15, 0.2) is 0 Å². The smallest absolute Gasteiger partial charge is 0.281 e. The highest BCUT2D eigenvalue weighted by atomic mass is 32.2. The van der Waals surface area contributed by atoms with Crippen LogP contribution in [0.5, 0.6) is 0 Å². The Labute approximate surface area is 114 Å². The van der Waals surface area contributed by atoms with Crippen LogP contribution in [0.2, 0.25) is 0 Å². The van der Waals surface area contributed by atoms with Crippen molar-refractivity contribution in [2.75, 3.05) is 40.3 Å². The van der Waals surface area contributed by atoms with Crippen molar-refractivity contribution < 1.29 is 8.42 Å². The maximum atomic E-state index is 12.0. The second-order valence-corrected chi connectivity index (χ2v) is 6.90. The number of nitrogens with zero attached hydrogens (tertiary/aromatic N) is 4. The van der Waals surface area contributed by atoms with E-state index in [1.807, 2.05) is 12.1 Å². The van der Waals surface area contributed by atoms with E-state index in [1.54, 1.807) is 20.3 Å². The third-order valence-corrected chi connectivity index (χ3v) is 5.15. The Balaban J connectivity index is 1.90. The average Bonchev–Trinajstić information content (AvgIpc) is 2.40. The topological polar surface area (TPSA) is 56.8 Å². The molecule has 2 rings (SSSR count).